The van der Waals surface area contributed by atoms with Crippen LogP contribution in [-0.4, -0.2) is 71.7 Å². The van der Waals surface area contributed by atoms with Crippen LogP contribution in [0.4, 0.5) is 11.4 Å². The quantitative estimate of drug-likeness (QED) is 0.0693. The smallest absolute Gasteiger partial charge is 0.333 e. The van der Waals surface area contributed by atoms with E-state index in [1.807, 2.05) is 0 Å². The van der Waals surface area contributed by atoms with Gasteiger partial charge in [-0.1, -0.05) is 93.2 Å². The van der Waals surface area contributed by atoms with Gasteiger partial charge in [0.15, 0.2) is 5.60 Å². The zero-order valence-electron chi connectivity index (χ0n) is 36.3. The first kappa shape index (κ1) is 41.3. The summed E-state index contributed by atoms with van der Waals surface area (Å²) in [6, 6.07) is 32.7. The van der Waals surface area contributed by atoms with Crippen LogP contribution in [0.1, 0.15) is 74.3 Å². The predicted octanol–water partition coefficient (Wildman–Crippen LogP) is 10.00. The molecule has 3 aliphatic heterocycles. The van der Waals surface area contributed by atoms with E-state index in [9.17, 15) is 9.59 Å². The molecule has 2 fully saturated rings. The third-order valence-corrected chi connectivity index (χ3v) is 13.2. The summed E-state index contributed by atoms with van der Waals surface area (Å²) in [4.78, 5) is 29.2. The number of anilines is 2. The number of benzene rings is 5. The number of ether oxygens (including phenoxy) is 5. The maximum atomic E-state index is 12.7. The summed E-state index contributed by atoms with van der Waals surface area (Å²) in [5.74, 6) is 1.03. The van der Waals surface area contributed by atoms with Crippen LogP contribution in [0.15, 0.2) is 109 Å². The van der Waals surface area contributed by atoms with Gasteiger partial charge in [-0.25, -0.2) is 4.79 Å². The number of morpholine rings is 1. The number of hydrogen-bond donors (Lipinski definition) is 0. The molecule has 5 aromatic rings. The lowest BCUT2D eigenvalue weighted by Crippen LogP contribution is -2.38. The molecule has 0 amide bonds. The first-order valence-corrected chi connectivity index (χ1v) is 22.0. The summed E-state index contributed by atoms with van der Waals surface area (Å²) in [6.07, 6.45) is 7.06. The van der Waals surface area contributed by atoms with E-state index >= 15 is 0 Å². The second-order valence-electron chi connectivity index (χ2n) is 17.6. The second kappa shape index (κ2) is 17.0. The fraction of sp³-hybridized carbons (Fsp3) is 0.358. The molecule has 1 aliphatic carbocycles. The molecule has 0 radical (unpaired) electrons. The summed E-state index contributed by atoms with van der Waals surface area (Å²) >= 11 is 0. The normalized spacial score (nSPS) is 19.8. The Kier molecular flexibility index (Phi) is 11.3. The Balaban J connectivity index is 1.10. The largest absolute Gasteiger partial charge is 0.495 e. The number of hydrogen-bond acceptors (Lipinski definition) is 9. The number of carbonyl (C=O) groups excluding carboxylic acids is 2. The van der Waals surface area contributed by atoms with Crippen LogP contribution in [0.25, 0.3) is 28.0 Å². The van der Waals surface area contributed by atoms with Crippen molar-refractivity contribution in [3.63, 3.8) is 0 Å². The Bertz CT molecular complexity index is 2540. The van der Waals surface area contributed by atoms with Crippen molar-refractivity contribution in [1.82, 2.24) is 0 Å². The van der Waals surface area contributed by atoms with Gasteiger partial charge in [0.05, 0.1) is 39.2 Å². The van der Waals surface area contributed by atoms with Gasteiger partial charge in [-0.05, 0) is 84.2 Å². The maximum absolute atomic E-state index is 12.7. The van der Waals surface area contributed by atoms with Gasteiger partial charge in [-0.2, -0.15) is 0 Å². The van der Waals surface area contributed by atoms with E-state index in [0.29, 0.717) is 18.6 Å². The highest BCUT2D eigenvalue weighted by atomic mass is 16.5. The molecule has 5 aromatic carbocycles. The molecule has 0 N–H and O–H groups in total. The van der Waals surface area contributed by atoms with Crippen LogP contribution in [0.3, 0.4) is 0 Å². The molecule has 9 rings (SSSR count). The number of esters is 2. The molecule has 9 nitrogen and oxygen atoms in total. The van der Waals surface area contributed by atoms with Crippen molar-refractivity contribution in [1.29, 1.82) is 0 Å². The van der Waals surface area contributed by atoms with Gasteiger partial charge in [0.1, 0.15) is 11.5 Å². The number of piperidine rings is 1. The summed E-state index contributed by atoms with van der Waals surface area (Å²) in [5.41, 5.74) is 9.55. The number of fused-ring (bicyclic) bond motifs is 8. The van der Waals surface area contributed by atoms with Crippen LogP contribution in [0, 0.1) is 5.92 Å². The van der Waals surface area contributed by atoms with E-state index in [-0.39, 0.29) is 30.3 Å². The van der Waals surface area contributed by atoms with E-state index in [2.05, 4.69) is 133 Å². The fourth-order valence-electron chi connectivity index (χ4n) is 9.99. The van der Waals surface area contributed by atoms with Gasteiger partial charge in [0.25, 0.3) is 0 Å². The topological polar surface area (TPSA) is 86.8 Å². The number of rotatable bonds is 12. The molecule has 3 heterocycles. The summed E-state index contributed by atoms with van der Waals surface area (Å²) in [5, 5.41) is 2.12. The summed E-state index contributed by atoms with van der Waals surface area (Å²) in [7, 11) is 1.74. The van der Waals surface area contributed by atoms with Crippen molar-refractivity contribution < 1.29 is 33.3 Å². The van der Waals surface area contributed by atoms with E-state index in [0.717, 1.165) is 96.9 Å². The molecule has 0 spiro atoms. The summed E-state index contributed by atoms with van der Waals surface area (Å²) < 4.78 is 30.5. The number of methoxy groups -OCH3 is 1. The molecule has 9 heteroatoms. The highest BCUT2D eigenvalue weighted by Crippen LogP contribution is 2.59. The van der Waals surface area contributed by atoms with Gasteiger partial charge < -0.3 is 33.5 Å². The van der Waals surface area contributed by atoms with Gasteiger partial charge in [-0.3, -0.25) is 4.79 Å². The minimum absolute atomic E-state index is 0.151. The van der Waals surface area contributed by atoms with E-state index in [4.69, 9.17) is 23.7 Å². The zero-order valence-corrected chi connectivity index (χ0v) is 36.3. The van der Waals surface area contributed by atoms with Crippen LogP contribution in [0.5, 0.6) is 11.5 Å². The van der Waals surface area contributed by atoms with Gasteiger partial charge in [0.2, 0.25) is 0 Å². The van der Waals surface area contributed by atoms with E-state index in [1.54, 1.807) is 14.0 Å². The molecule has 2 atom stereocenters. The Labute approximate surface area is 364 Å². The van der Waals surface area contributed by atoms with Gasteiger partial charge >= 0.3 is 11.9 Å². The molecule has 4 aliphatic rings. The van der Waals surface area contributed by atoms with Gasteiger partial charge in [0, 0.05) is 77.3 Å². The third-order valence-electron chi connectivity index (χ3n) is 13.2. The van der Waals surface area contributed by atoms with Crippen LogP contribution in [0.2, 0.25) is 0 Å². The van der Waals surface area contributed by atoms with Crippen molar-refractivity contribution in [2.75, 3.05) is 69.5 Å². The molecule has 2 saturated heterocycles. The Morgan fingerprint density at radius 3 is 2.37 bits per heavy atom. The minimum Gasteiger partial charge on any atom is -0.495 e. The highest BCUT2D eigenvalue weighted by Gasteiger charge is 2.44. The molecule has 2 unspecified atom stereocenters. The lowest BCUT2D eigenvalue weighted by molar-refractivity contribution is -0.147. The predicted molar refractivity (Wildman–Crippen MR) is 245 cm³/mol. The number of nitrogens with zero attached hydrogens (tertiary/aromatic N) is 2. The number of carbonyl (C=O) groups is 2. The first-order valence-electron chi connectivity index (χ1n) is 22.0. The average molecular weight is 833 g/mol. The molecule has 0 aromatic heterocycles. The monoisotopic (exact) mass is 832 g/mol. The molecule has 62 heavy (non-hydrogen) atoms. The molecular formula is C53H56N2O7. The van der Waals surface area contributed by atoms with E-state index in [1.165, 1.54) is 27.9 Å². The lowest BCUT2D eigenvalue weighted by Gasteiger charge is -2.39. The Morgan fingerprint density at radius 2 is 1.61 bits per heavy atom. The van der Waals surface area contributed by atoms with Gasteiger partial charge in [-0.15, -0.1) is 0 Å². The van der Waals surface area contributed by atoms with Crippen molar-refractivity contribution in [2.24, 2.45) is 5.92 Å². The maximum Gasteiger partial charge on any atom is 0.333 e. The standard InChI is InChI=1S/C53H56N2O7/c1-35(2)51(57)60-28-12-18-47(56)61-34-36-13-11-25-55(33-36)45-31-42-43(32-46(45)58-5)50-41(49-48(42)40-16-9-10-17-44(40)52(49,3)4)23-24-53(62-50,37-14-7-6-8-15-37)38-19-21-39(22-20-38)54-26-29-59-30-27-54/h6-10,14-17,19-24,31-32,36H,1,11-13,18,25-30,33-34H2,2-5H3. The average Bonchev–Trinajstić information content (AvgIpc) is 3.56. The SMILES string of the molecule is C=C(C)C(=O)OCCCC(=O)OCC1CCCN(c2cc3c4c(c5c(c3cc2OC)OC(c2ccccc2)(c2ccc(N3CCOCC3)cc2)C=C5)C(C)(C)c2ccccc2-4)C1. The summed E-state index contributed by atoms with van der Waals surface area (Å²) in [6.45, 7) is 15.1. The van der Waals surface area contributed by atoms with Crippen LogP contribution in [-0.2, 0) is 34.8 Å². The molecule has 0 saturated carbocycles. The lowest BCUT2D eigenvalue weighted by atomic mass is 9.76. The Morgan fingerprint density at radius 1 is 0.871 bits per heavy atom. The molecule has 320 valence electrons. The van der Waals surface area contributed by atoms with Crippen molar-refractivity contribution in [3.8, 4) is 22.6 Å². The van der Waals surface area contributed by atoms with Crippen molar-refractivity contribution >= 4 is 40.2 Å². The van der Waals surface area contributed by atoms with E-state index < -0.39 is 11.6 Å². The van der Waals surface area contributed by atoms with Crippen molar-refractivity contribution in [3.05, 3.63) is 137 Å². The Hall–Kier alpha value is -6.06. The van der Waals surface area contributed by atoms with Crippen LogP contribution >= 0.6 is 0 Å². The second-order valence-corrected chi connectivity index (χ2v) is 17.6. The molecular weight excluding hydrogens is 777 g/mol. The van der Waals surface area contributed by atoms with Crippen LogP contribution < -0.4 is 19.3 Å². The third kappa shape index (κ3) is 7.50. The highest BCUT2D eigenvalue weighted by molar-refractivity contribution is 6.10. The molecule has 0 bridgehead atoms. The first-order chi connectivity index (χ1) is 30.1. The van der Waals surface area contributed by atoms with Crippen molar-refractivity contribution in [2.45, 2.75) is 57.5 Å². The minimum atomic E-state index is -0.896. The fourth-order valence-corrected chi connectivity index (χ4v) is 9.99. The zero-order chi connectivity index (χ0) is 43.0.